The molecule has 0 spiro atoms. The third kappa shape index (κ3) is 3.74. The van der Waals surface area contributed by atoms with Crippen LogP contribution in [-0.2, 0) is 0 Å². The molecule has 90 valence electrons. The number of aromatic nitrogens is 2. The van der Waals surface area contributed by atoms with Gasteiger partial charge in [-0.2, -0.15) is 0 Å². The van der Waals surface area contributed by atoms with Crippen LogP contribution in [0.5, 0.6) is 0 Å². The number of hydrogen-bond acceptors (Lipinski definition) is 3. The molecule has 1 heterocycles. The van der Waals surface area contributed by atoms with E-state index in [4.69, 9.17) is 0 Å². The second-order valence-electron chi connectivity index (χ2n) is 4.24. The van der Waals surface area contributed by atoms with Gasteiger partial charge in [-0.05, 0) is 34.1 Å². The Morgan fingerprint density at radius 3 is 2.50 bits per heavy atom. The first-order valence-corrected chi connectivity index (χ1v) is 6.81. The quantitative estimate of drug-likeness (QED) is 0.779. The standard InChI is InChI=1S/C12H20BrN3/c1-9(2)16(7-5-6-13)12-8-10(3)14-11(4)15-12/h8-9H,5-7H2,1-4H3. The number of aryl methyl sites for hydroxylation is 2. The Kier molecular flexibility index (Phi) is 5.19. The van der Waals surface area contributed by atoms with E-state index in [9.17, 15) is 0 Å². The highest BCUT2D eigenvalue weighted by Gasteiger charge is 2.12. The fourth-order valence-corrected chi connectivity index (χ4v) is 1.96. The van der Waals surface area contributed by atoms with Gasteiger partial charge in [0, 0.05) is 29.7 Å². The Morgan fingerprint density at radius 1 is 1.31 bits per heavy atom. The molecule has 0 bridgehead atoms. The molecule has 0 aliphatic rings. The zero-order chi connectivity index (χ0) is 12.1. The molecule has 0 unspecified atom stereocenters. The molecule has 0 fully saturated rings. The summed E-state index contributed by atoms with van der Waals surface area (Å²) in [4.78, 5) is 11.1. The minimum Gasteiger partial charge on any atom is -0.354 e. The van der Waals surface area contributed by atoms with Crippen LogP contribution in [0.2, 0.25) is 0 Å². The summed E-state index contributed by atoms with van der Waals surface area (Å²) in [5, 5.41) is 1.03. The van der Waals surface area contributed by atoms with Gasteiger partial charge in [0.2, 0.25) is 0 Å². The van der Waals surface area contributed by atoms with Crippen LogP contribution in [-0.4, -0.2) is 27.9 Å². The van der Waals surface area contributed by atoms with Crippen molar-refractivity contribution in [2.75, 3.05) is 16.8 Å². The van der Waals surface area contributed by atoms with Crippen LogP contribution in [0, 0.1) is 13.8 Å². The van der Waals surface area contributed by atoms with E-state index in [0.717, 1.165) is 35.6 Å². The molecule has 0 saturated carbocycles. The summed E-state index contributed by atoms with van der Waals surface area (Å²) in [5.41, 5.74) is 1.03. The Bertz CT molecular complexity index is 319. The zero-order valence-corrected chi connectivity index (χ0v) is 12.1. The van der Waals surface area contributed by atoms with Gasteiger partial charge < -0.3 is 4.90 Å². The Balaban J connectivity index is 2.91. The topological polar surface area (TPSA) is 29.0 Å². The monoisotopic (exact) mass is 285 g/mol. The van der Waals surface area contributed by atoms with Crippen LogP contribution in [0.4, 0.5) is 5.82 Å². The van der Waals surface area contributed by atoms with Crippen molar-refractivity contribution < 1.29 is 0 Å². The second kappa shape index (κ2) is 6.18. The van der Waals surface area contributed by atoms with Crippen molar-refractivity contribution in [2.45, 2.75) is 40.2 Å². The van der Waals surface area contributed by atoms with Crippen molar-refractivity contribution in [3.05, 3.63) is 17.6 Å². The van der Waals surface area contributed by atoms with Crippen LogP contribution in [0.3, 0.4) is 0 Å². The van der Waals surface area contributed by atoms with Crippen molar-refractivity contribution in [1.82, 2.24) is 9.97 Å². The van der Waals surface area contributed by atoms with Gasteiger partial charge in [-0.3, -0.25) is 0 Å². The molecular formula is C12H20BrN3. The third-order valence-corrected chi connectivity index (χ3v) is 2.96. The normalized spacial score (nSPS) is 10.9. The zero-order valence-electron chi connectivity index (χ0n) is 10.5. The van der Waals surface area contributed by atoms with E-state index in [-0.39, 0.29) is 0 Å². The fraction of sp³-hybridized carbons (Fsp3) is 0.667. The van der Waals surface area contributed by atoms with Gasteiger partial charge >= 0.3 is 0 Å². The summed E-state index contributed by atoms with van der Waals surface area (Å²) in [7, 11) is 0. The maximum atomic E-state index is 4.51. The molecule has 0 aliphatic carbocycles. The van der Waals surface area contributed by atoms with Crippen molar-refractivity contribution in [1.29, 1.82) is 0 Å². The van der Waals surface area contributed by atoms with E-state index < -0.39 is 0 Å². The molecule has 1 rings (SSSR count). The summed E-state index contributed by atoms with van der Waals surface area (Å²) in [6.07, 6.45) is 1.13. The molecule has 0 atom stereocenters. The molecule has 1 aromatic rings. The van der Waals surface area contributed by atoms with Crippen LogP contribution in [0.1, 0.15) is 31.8 Å². The molecule has 0 N–H and O–H groups in total. The van der Waals surface area contributed by atoms with Crippen LogP contribution >= 0.6 is 15.9 Å². The van der Waals surface area contributed by atoms with Crippen molar-refractivity contribution in [2.24, 2.45) is 0 Å². The molecule has 4 heteroatoms. The molecule has 0 aromatic carbocycles. The molecule has 16 heavy (non-hydrogen) atoms. The van der Waals surface area contributed by atoms with E-state index in [1.165, 1.54) is 0 Å². The van der Waals surface area contributed by atoms with Gasteiger partial charge in [0.05, 0.1) is 0 Å². The molecule has 0 amide bonds. The molecular weight excluding hydrogens is 266 g/mol. The van der Waals surface area contributed by atoms with Gasteiger partial charge in [0.15, 0.2) is 0 Å². The minimum absolute atomic E-state index is 0.466. The highest BCUT2D eigenvalue weighted by atomic mass is 79.9. The van der Waals surface area contributed by atoms with Crippen LogP contribution < -0.4 is 4.90 Å². The largest absolute Gasteiger partial charge is 0.354 e. The van der Waals surface area contributed by atoms with Crippen LogP contribution in [0.25, 0.3) is 0 Å². The Morgan fingerprint density at radius 2 is 2.00 bits per heavy atom. The van der Waals surface area contributed by atoms with E-state index >= 15 is 0 Å². The third-order valence-electron chi connectivity index (χ3n) is 2.40. The fourth-order valence-electron chi connectivity index (χ4n) is 1.71. The number of alkyl halides is 1. The van der Waals surface area contributed by atoms with Crippen molar-refractivity contribution in [3.63, 3.8) is 0 Å². The SMILES string of the molecule is Cc1cc(N(CCCBr)C(C)C)nc(C)n1. The van der Waals surface area contributed by atoms with E-state index in [0.29, 0.717) is 6.04 Å². The number of hydrogen-bond donors (Lipinski definition) is 0. The summed E-state index contributed by atoms with van der Waals surface area (Å²) >= 11 is 3.47. The lowest BCUT2D eigenvalue weighted by Gasteiger charge is -2.28. The average molecular weight is 286 g/mol. The van der Waals surface area contributed by atoms with Crippen LogP contribution in [0.15, 0.2) is 6.07 Å². The molecule has 1 aromatic heterocycles. The smallest absolute Gasteiger partial charge is 0.132 e. The van der Waals surface area contributed by atoms with Gasteiger partial charge in [-0.1, -0.05) is 15.9 Å². The number of rotatable bonds is 5. The lowest BCUT2D eigenvalue weighted by molar-refractivity contribution is 0.661. The predicted octanol–water partition coefficient (Wildman–Crippen LogP) is 3.09. The summed E-state index contributed by atoms with van der Waals surface area (Å²) in [5.74, 6) is 1.89. The van der Waals surface area contributed by atoms with Gasteiger partial charge in [0.25, 0.3) is 0 Å². The highest BCUT2D eigenvalue weighted by molar-refractivity contribution is 9.09. The van der Waals surface area contributed by atoms with Crippen molar-refractivity contribution in [3.8, 4) is 0 Å². The minimum atomic E-state index is 0.466. The maximum Gasteiger partial charge on any atom is 0.132 e. The first-order chi connectivity index (χ1) is 7.54. The molecule has 0 aliphatic heterocycles. The molecule has 0 saturated heterocycles. The first kappa shape index (κ1) is 13.4. The second-order valence-corrected chi connectivity index (χ2v) is 5.04. The highest BCUT2D eigenvalue weighted by Crippen LogP contribution is 2.16. The van der Waals surface area contributed by atoms with Crippen molar-refractivity contribution >= 4 is 21.7 Å². The summed E-state index contributed by atoms with van der Waals surface area (Å²) < 4.78 is 0. The molecule has 0 radical (unpaired) electrons. The van der Waals surface area contributed by atoms with E-state index in [2.05, 4.69) is 50.7 Å². The lowest BCUT2D eigenvalue weighted by Crippen LogP contribution is -2.33. The molecule has 3 nitrogen and oxygen atoms in total. The van der Waals surface area contributed by atoms with E-state index in [1.807, 2.05) is 13.8 Å². The number of halogens is 1. The van der Waals surface area contributed by atoms with E-state index in [1.54, 1.807) is 0 Å². The number of nitrogens with zero attached hydrogens (tertiary/aromatic N) is 3. The summed E-state index contributed by atoms with van der Waals surface area (Å²) in [6.45, 7) is 9.38. The van der Waals surface area contributed by atoms with Gasteiger partial charge in [-0.25, -0.2) is 9.97 Å². The Hall–Kier alpha value is -0.640. The Labute approximate surface area is 106 Å². The average Bonchev–Trinajstić information content (AvgIpc) is 2.16. The number of anilines is 1. The van der Waals surface area contributed by atoms with Gasteiger partial charge in [0.1, 0.15) is 11.6 Å². The predicted molar refractivity (Wildman–Crippen MR) is 72.4 cm³/mol. The van der Waals surface area contributed by atoms with Gasteiger partial charge in [-0.15, -0.1) is 0 Å². The summed E-state index contributed by atoms with van der Waals surface area (Å²) in [6, 6.07) is 2.52. The first-order valence-electron chi connectivity index (χ1n) is 5.69. The maximum absolute atomic E-state index is 4.51. The lowest BCUT2D eigenvalue weighted by atomic mass is 10.2.